The van der Waals surface area contributed by atoms with Crippen LogP contribution in [0.25, 0.3) is 6.08 Å². The Morgan fingerprint density at radius 2 is 2.14 bits per heavy atom. The highest BCUT2D eigenvalue weighted by Crippen LogP contribution is 2.36. The summed E-state index contributed by atoms with van der Waals surface area (Å²) in [6.07, 6.45) is 2.34. The van der Waals surface area contributed by atoms with E-state index in [1.807, 2.05) is 6.08 Å². The molecule has 8 heteroatoms. The molecular formula is C14H14INO3S3. The summed E-state index contributed by atoms with van der Waals surface area (Å²) in [6.45, 7) is 4.49. The van der Waals surface area contributed by atoms with Crippen LogP contribution in [-0.4, -0.2) is 32.7 Å². The Bertz CT molecular complexity index is 681. The van der Waals surface area contributed by atoms with Gasteiger partial charge in [-0.1, -0.05) is 24.0 Å². The van der Waals surface area contributed by atoms with Gasteiger partial charge in [-0.15, -0.1) is 11.3 Å². The number of rotatable bonds is 5. The van der Waals surface area contributed by atoms with Gasteiger partial charge in [0, 0.05) is 26.3 Å². The summed E-state index contributed by atoms with van der Waals surface area (Å²) in [4.78, 5) is 27.4. The van der Waals surface area contributed by atoms with Gasteiger partial charge >= 0.3 is 5.97 Å². The smallest absolute Gasteiger partial charge is 0.303 e. The summed E-state index contributed by atoms with van der Waals surface area (Å²) < 4.78 is 1.66. The molecule has 2 heterocycles. The molecule has 0 bridgehead atoms. The van der Waals surface area contributed by atoms with Crippen molar-refractivity contribution in [1.82, 2.24) is 4.90 Å². The van der Waals surface area contributed by atoms with Gasteiger partial charge in [0.25, 0.3) is 5.91 Å². The van der Waals surface area contributed by atoms with Crippen molar-refractivity contribution in [3.05, 3.63) is 23.8 Å². The predicted octanol–water partition coefficient (Wildman–Crippen LogP) is 4.04. The van der Waals surface area contributed by atoms with Gasteiger partial charge in [-0.25, -0.2) is 0 Å². The molecule has 2 rings (SSSR count). The molecule has 1 aromatic rings. The van der Waals surface area contributed by atoms with E-state index in [1.54, 1.807) is 11.3 Å². The number of halogens is 1. The molecule has 0 radical (unpaired) electrons. The van der Waals surface area contributed by atoms with Crippen LogP contribution in [0, 0.1) is 17.4 Å². The van der Waals surface area contributed by atoms with Crippen molar-refractivity contribution in [2.75, 3.05) is 6.54 Å². The van der Waals surface area contributed by atoms with E-state index in [0.717, 1.165) is 8.45 Å². The molecule has 0 aliphatic carbocycles. The number of thioether (sulfide) groups is 1. The quantitative estimate of drug-likeness (QED) is 0.403. The van der Waals surface area contributed by atoms with Crippen molar-refractivity contribution < 1.29 is 14.7 Å². The third-order valence-corrected chi connectivity index (χ3v) is 7.53. The second-order valence-electron chi connectivity index (χ2n) is 4.79. The molecule has 0 saturated carbocycles. The number of hydrogen-bond acceptors (Lipinski definition) is 5. The third kappa shape index (κ3) is 3.90. The normalized spacial score (nSPS) is 16.9. The minimum absolute atomic E-state index is 0.0390. The minimum Gasteiger partial charge on any atom is -0.481 e. The van der Waals surface area contributed by atoms with Crippen molar-refractivity contribution in [3.63, 3.8) is 0 Å². The lowest BCUT2D eigenvalue weighted by atomic mass is 10.2. The van der Waals surface area contributed by atoms with Crippen LogP contribution in [0.3, 0.4) is 0 Å². The Morgan fingerprint density at radius 1 is 1.45 bits per heavy atom. The summed E-state index contributed by atoms with van der Waals surface area (Å²) in [5, 5.41) is 8.67. The van der Waals surface area contributed by atoms with Gasteiger partial charge in [0.15, 0.2) is 0 Å². The number of nitrogens with zero attached hydrogens (tertiary/aromatic N) is 1. The molecule has 0 unspecified atom stereocenters. The van der Waals surface area contributed by atoms with Gasteiger partial charge in [0.2, 0.25) is 0 Å². The Kier molecular flexibility index (Phi) is 6.03. The molecular weight excluding hydrogens is 453 g/mol. The van der Waals surface area contributed by atoms with Gasteiger partial charge in [0.1, 0.15) is 4.32 Å². The number of carbonyl (C=O) groups excluding carboxylic acids is 1. The molecule has 1 aromatic heterocycles. The van der Waals surface area contributed by atoms with Crippen LogP contribution in [0.1, 0.15) is 28.2 Å². The van der Waals surface area contributed by atoms with Gasteiger partial charge in [-0.2, -0.15) is 0 Å². The van der Waals surface area contributed by atoms with E-state index in [2.05, 4.69) is 36.4 Å². The number of aliphatic carboxylic acids is 1. The van der Waals surface area contributed by atoms with Crippen LogP contribution >= 0.6 is 57.9 Å². The van der Waals surface area contributed by atoms with Crippen molar-refractivity contribution in [2.24, 2.45) is 0 Å². The largest absolute Gasteiger partial charge is 0.481 e. The molecule has 0 aromatic carbocycles. The zero-order valence-electron chi connectivity index (χ0n) is 12.0. The van der Waals surface area contributed by atoms with Crippen molar-refractivity contribution in [2.45, 2.75) is 26.7 Å². The second kappa shape index (κ2) is 7.41. The molecule has 0 spiro atoms. The fourth-order valence-corrected chi connectivity index (χ4v) is 5.36. The summed E-state index contributed by atoms with van der Waals surface area (Å²) in [7, 11) is 0. The standard InChI is InChI=1S/C14H14INO3S3/c1-7-8(2)21-9(12(7)15)6-10-13(19)16(14(20)22-10)5-3-4-11(17)18/h6H,3-5H2,1-2H3,(H,17,18). The maximum Gasteiger partial charge on any atom is 0.303 e. The van der Waals surface area contributed by atoms with E-state index in [1.165, 1.54) is 27.1 Å². The van der Waals surface area contributed by atoms with E-state index in [0.29, 0.717) is 22.2 Å². The topological polar surface area (TPSA) is 57.6 Å². The number of aryl methyl sites for hydroxylation is 1. The van der Waals surface area contributed by atoms with Crippen LogP contribution in [0.15, 0.2) is 4.91 Å². The summed E-state index contributed by atoms with van der Waals surface area (Å²) in [5.41, 5.74) is 1.24. The minimum atomic E-state index is -0.861. The van der Waals surface area contributed by atoms with E-state index >= 15 is 0 Å². The fourth-order valence-electron chi connectivity index (χ4n) is 1.92. The molecule has 0 atom stereocenters. The Labute approximate surface area is 156 Å². The Balaban J connectivity index is 2.15. The van der Waals surface area contributed by atoms with Crippen LogP contribution in [0.2, 0.25) is 0 Å². The zero-order chi connectivity index (χ0) is 16.4. The highest BCUT2D eigenvalue weighted by Gasteiger charge is 2.32. The summed E-state index contributed by atoms with van der Waals surface area (Å²) in [6, 6.07) is 0. The number of thiophene rings is 1. The van der Waals surface area contributed by atoms with E-state index in [-0.39, 0.29) is 12.3 Å². The van der Waals surface area contributed by atoms with Crippen LogP contribution in [0.4, 0.5) is 0 Å². The molecule has 1 amide bonds. The molecule has 22 heavy (non-hydrogen) atoms. The first-order valence-electron chi connectivity index (χ1n) is 6.54. The number of carbonyl (C=O) groups is 2. The second-order valence-corrected chi connectivity index (χ2v) is 8.80. The van der Waals surface area contributed by atoms with Gasteiger partial charge in [-0.3, -0.25) is 14.5 Å². The van der Waals surface area contributed by atoms with Gasteiger partial charge in [-0.05, 0) is 54.5 Å². The molecule has 1 aliphatic rings. The molecule has 1 aliphatic heterocycles. The lowest BCUT2D eigenvalue weighted by Gasteiger charge is -2.13. The molecule has 1 N–H and O–H groups in total. The highest BCUT2D eigenvalue weighted by molar-refractivity contribution is 14.1. The van der Waals surface area contributed by atoms with E-state index < -0.39 is 5.97 Å². The van der Waals surface area contributed by atoms with Crippen LogP contribution in [0.5, 0.6) is 0 Å². The lowest BCUT2D eigenvalue weighted by Crippen LogP contribution is -2.29. The predicted molar refractivity (Wildman–Crippen MR) is 103 cm³/mol. The summed E-state index contributed by atoms with van der Waals surface area (Å²) in [5.74, 6) is -0.986. The number of amides is 1. The van der Waals surface area contributed by atoms with Crippen molar-refractivity contribution in [1.29, 1.82) is 0 Å². The Morgan fingerprint density at radius 3 is 2.68 bits per heavy atom. The molecule has 1 fully saturated rings. The number of hydrogen-bond donors (Lipinski definition) is 1. The SMILES string of the molecule is Cc1sc(C=C2SC(=S)N(CCCC(=O)O)C2=O)c(I)c1C. The number of carboxylic acid groups (broad SMARTS) is 1. The molecule has 1 saturated heterocycles. The third-order valence-electron chi connectivity index (χ3n) is 3.24. The van der Waals surface area contributed by atoms with Gasteiger partial charge < -0.3 is 5.11 Å². The summed E-state index contributed by atoms with van der Waals surface area (Å²) >= 11 is 10.5. The first-order valence-corrected chi connectivity index (χ1v) is 9.66. The van der Waals surface area contributed by atoms with Gasteiger partial charge in [0.05, 0.1) is 4.91 Å². The number of thiocarbonyl (C=S) groups is 1. The Hall–Kier alpha value is -0.450. The monoisotopic (exact) mass is 467 g/mol. The van der Waals surface area contributed by atoms with E-state index in [4.69, 9.17) is 17.3 Å². The maximum absolute atomic E-state index is 12.4. The zero-order valence-corrected chi connectivity index (χ0v) is 16.6. The highest BCUT2D eigenvalue weighted by atomic mass is 127. The van der Waals surface area contributed by atoms with Crippen molar-refractivity contribution >= 4 is 80.2 Å². The van der Waals surface area contributed by atoms with Crippen LogP contribution in [-0.2, 0) is 9.59 Å². The maximum atomic E-state index is 12.4. The fraction of sp³-hybridized carbons (Fsp3) is 0.357. The van der Waals surface area contributed by atoms with E-state index in [9.17, 15) is 9.59 Å². The molecule has 118 valence electrons. The average molecular weight is 467 g/mol. The number of carboxylic acids is 1. The first-order chi connectivity index (χ1) is 10.3. The molecule has 4 nitrogen and oxygen atoms in total. The average Bonchev–Trinajstić information content (AvgIpc) is 2.84. The van der Waals surface area contributed by atoms with Crippen LogP contribution < -0.4 is 0 Å². The van der Waals surface area contributed by atoms with Crippen molar-refractivity contribution in [3.8, 4) is 0 Å². The first kappa shape index (κ1) is 17.9. The lowest BCUT2D eigenvalue weighted by molar-refractivity contribution is -0.137.